The number of sulfonamides is 1. The summed E-state index contributed by atoms with van der Waals surface area (Å²) in [6.45, 7) is 4.97. The van der Waals surface area contributed by atoms with Crippen LogP contribution >= 0.6 is 11.3 Å². The van der Waals surface area contributed by atoms with Gasteiger partial charge in [-0.25, -0.2) is 8.42 Å². The van der Waals surface area contributed by atoms with E-state index in [9.17, 15) is 13.2 Å². The van der Waals surface area contributed by atoms with Crippen molar-refractivity contribution in [1.82, 2.24) is 14.5 Å². The molecule has 1 N–H and O–H groups in total. The summed E-state index contributed by atoms with van der Waals surface area (Å²) >= 11 is 1.22. The summed E-state index contributed by atoms with van der Waals surface area (Å²) in [4.78, 5) is 12.8. The standard InChI is InChI=1S/C23H26N4O3S2/c1-16(2)17-10-12-20(13-11-17)32(29,30)27-14-6-7-18(15-27)22-25-26-23(31-22)21(28)24-19-8-4-3-5-9-19/h3-5,8-13,16,18H,6-7,14-15H2,1-2H3,(H,24,28). The number of rotatable bonds is 6. The number of para-hydroxylation sites is 1. The second-order valence-corrected chi connectivity index (χ2v) is 11.1. The molecule has 7 nitrogen and oxygen atoms in total. The van der Waals surface area contributed by atoms with Crippen molar-refractivity contribution in [2.45, 2.75) is 43.4 Å². The van der Waals surface area contributed by atoms with E-state index in [0.717, 1.165) is 18.4 Å². The van der Waals surface area contributed by atoms with Gasteiger partial charge >= 0.3 is 0 Å². The van der Waals surface area contributed by atoms with Gasteiger partial charge in [-0.1, -0.05) is 55.5 Å². The van der Waals surface area contributed by atoms with Crippen LogP contribution in [0.3, 0.4) is 0 Å². The third kappa shape index (κ3) is 4.90. The Morgan fingerprint density at radius 2 is 1.81 bits per heavy atom. The third-order valence-electron chi connectivity index (χ3n) is 5.58. The highest BCUT2D eigenvalue weighted by molar-refractivity contribution is 7.89. The van der Waals surface area contributed by atoms with Crippen LogP contribution in [0, 0.1) is 0 Å². The number of carbonyl (C=O) groups excluding carboxylic acids is 1. The molecule has 1 saturated heterocycles. The summed E-state index contributed by atoms with van der Waals surface area (Å²) in [6, 6.07) is 16.3. The molecule has 0 bridgehead atoms. The van der Waals surface area contributed by atoms with Crippen molar-refractivity contribution in [3.8, 4) is 0 Å². The molecule has 1 aliphatic heterocycles. The van der Waals surface area contributed by atoms with Crippen LogP contribution in [0.1, 0.15) is 58.9 Å². The minimum atomic E-state index is -3.59. The van der Waals surface area contributed by atoms with Crippen molar-refractivity contribution in [2.75, 3.05) is 18.4 Å². The highest BCUT2D eigenvalue weighted by Gasteiger charge is 2.32. The maximum atomic E-state index is 13.2. The summed E-state index contributed by atoms with van der Waals surface area (Å²) in [5.41, 5.74) is 1.79. The molecule has 0 radical (unpaired) electrons. The largest absolute Gasteiger partial charge is 0.320 e. The van der Waals surface area contributed by atoms with Gasteiger partial charge in [-0.05, 0) is 48.6 Å². The molecule has 1 amide bonds. The van der Waals surface area contributed by atoms with Gasteiger partial charge in [0, 0.05) is 24.7 Å². The number of benzene rings is 2. The van der Waals surface area contributed by atoms with Gasteiger partial charge in [0.15, 0.2) is 0 Å². The fourth-order valence-electron chi connectivity index (χ4n) is 3.73. The highest BCUT2D eigenvalue weighted by Crippen LogP contribution is 2.32. The third-order valence-corrected chi connectivity index (χ3v) is 8.55. The van der Waals surface area contributed by atoms with Gasteiger partial charge in [-0.15, -0.1) is 10.2 Å². The van der Waals surface area contributed by atoms with E-state index in [2.05, 4.69) is 29.4 Å². The van der Waals surface area contributed by atoms with E-state index in [1.165, 1.54) is 15.6 Å². The average Bonchev–Trinajstić information content (AvgIpc) is 3.30. The Morgan fingerprint density at radius 3 is 2.50 bits per heavy atom. The van der Waals surface area contributed by atoms with Gasteiger partial charge in [0.05, 0.1) is 4.90 Å². The van der Waals surface area contributed by atoms with Crippen molar-refractivity contribution in [3.63, 3.8) is 0 Å². The first-order valence-electron chi connectivity index (χ1n) is 10.6. The molecule has 9 heteroatoms. The summed E-state index contributed by atoms with van der Waals surface area (Å²) < 4.78 is 27.9. The number of piperidine rings is 1. The predicted octanol–water partition coefficient (Wildman–Crippen LogP) is 4.48. The van der Waals surface area contributed by atoms with E-state index < -0.39 is 10.0 Å². The van der Waals surface area contributed by atoms with Gasteiger partial charge in [0.1, 0.15) is 5.01 Å². The Labute approximate surface area is 192 Å². The normalized spacial score (nSPS) is 17.4. The second-order valence-electron chi connectivity index (χ2n) is 8.19. The van der Waals surface area contributed by atoms with Gasteiger partial charge < -0.3 is 5.32 Å². The number of nitrogens with one attached hydrogen (secondary N) is 1. The summed E-state index contributed by atoms with van der Waals surface area (Å²) in [5.74, 6) is -0.0495. The molecular weight excluding hydrogens is 444 g/mol. The van der Waals surface area contributed by atoms with Crippen molar-refractivity contribution in [1.29, 1.82) is 0 Å². The van der Waals surface area contributed by atoms with E-state index >= 15 is 0 Å². The van der Waals surface area contributed by atoms with Gasteiger partial charge in [-0.3, -0.25) is 4.79 Å². The van der Waals surface area contributed by atoms with E-state index in [1.54, 1.807) is 24.3 Å². The number of amides is 1. The van der Waals surface area contributed by atoms with E-state index in [-0.39, 0.29) is 16.8 Å². The molecule has 4 rings (SSSR count). The molecule has 3 aromatic rings. The number of hydrogen-bond acceptors (Lipinski definition) is 6. The van der Waals surface area contributed by atoms with Crippen LogP contribution in [0.4, 0.5) is 5.69 Å². The zero-order chi connectivity index (χ0) is 22.7. The fourth-order valence-corrected chi connectivity index (χ4v) is 6.12. The minimum Gasteiger partial charge on any atom is -0.320 e. The average molecular weight is 471 g/mol. The maximum absolute atomic E-state index is 13.2. The molecule has 32 heavy (non-hydrogen) atoms. The molecule has 168 valence electrons. The molecule has 1 aliphatic rings. The smallest absolute Gasteiger partial charge is 0.286 e. The number of nitrogens with zero attached hydrogens (tertiary/aromatic N) is 3. The molecule has 1 atom stereocenters. The molecule has 0 aliphatic carbocycles. The van der Waals surface area contributed by atoms with Crippen LogP contribution in [-0.4, -0.2) is 41.9 Å². The molecule has 1 fully saturated rings. The second kappa shape index (κ2) is 9.48. The van der Waals surface area contributed by atoms with Crippen LogP contribution < -0.4 is 5.32 Å². The van der Waals surface area contributed by atoms with Gasteiger partial charge in [-0.2, -0.15) is 4.31 Å². The van der Waals surface area contributed by atoms with E-state index in [1.807, 2.05) is 30.3 Å². The molecular formula is C23H26N4O3S2. The highest BCUT2D eigenvalue weighted by atomic mass is 32.2. The molecule has 1 unspecified atom stereocenters. The Balaban J connectivity index is 1.46. The van der Waals surface area contributed by atoms with Crippen molar-refractivity contribution >= 4 is 33.0 Å². The van der Waals surface area contributed by atoms with Crippen LogP contribution in [-0.2, 0) is 10.0 Å². The zero-order valence-electron chi connectivity index (χ0n) is 18.1. The number of hydrogen-bond donors (Lipinski definition) is 1. The number of anilines is 1. The Hall–Kier alpha value is -2.62. The first kappa shape index (κ1) is 22.6. The Bertz CT molecular complexity index is 1180. The maximum Gasteiger partial charge on any atom is 0.286 e. The predicted molar refractivity (Wildman–Crippen MR) is 126 cm³/mol. The van der Waals surface area contributed by atoms with Crippen LogP contribution in [0.2, 0.25) is 0 Å². The molecule has 2 aromatic carbocycles. The van der Waals surface area contributed by atoms with Gasteiger partial charge in [0.25, 0.3) is 5.91 Å². The van der Waals surface area contributed by atoms with Crippen molar-refractivity contribution in [3.05, 3.63) is 70.2 Å². The SMILES string of the molecule is CC(C)c1ccc(S(=O)(=O)N2CCCC(c3nnc(C(=O)Nc4ccccc4)s3)C2)cc1. The molecule has 0 spiro atoms. The number of carbonyl (C=O) groups is 1. The van der Waals surface area contributed by atoms with Gasteiger partial charge in [0.2, 0.25) is 15.0 Å². The molecule has 2 heterocycles. The Morgan fingerprint density at radius 1 is 1.09 bits per heavy atom. The fraction of sp³-hybridized carbons (Fsp3) is 0.348. The van der Waals surface area contributed by atoms with Crippen molar-refractivity contribution in [2.24, 2.45) is 0 Å². The minimum absolute atomic E-state index is 0.0794. The monoisotopic (exact) mass is 470 g/mol. The zero-order valence-corrected chi connectivity index (χ0v) is 19.7. The van der Waals surface area contributed by atoms with E-state index in [0.29, 0.717) is 34.6 Å². The van der Waals surface area contributed by atoms with Crippen molar-refractivity contribution < 1.29 is 13.2 Å². The summed E-state index contributed by atoms with van der Waals surface area (Å²) in [7, 11) is -3.59. The summed E-state index contributed by atoms with van der Waals surface area (Å²) in [6.07, 6.45) is 1.55. The van der Waals surface area contributed by atoms with E-state index in [4.69, 9.17) is 0 Å². The first-order valence-corrected chi connectivity index (χ1v) is 12.9. The summed E-state index contributed by atoms with van der Waals surface area (Å²) in [5, 5.41) is 12.0. The lowest BCUT2D eigenvalue weighted by atomic mass is 10.0. The van der Waals surface area contributed by atoms with Crippen LogP contribution in [0.5, 0.6) is 0 Å². The lowest BCUT2D eigenvalue weighted by molar-refractivity contribution is 0.102. The topological polar surface area (TPSA) is 92.3 Å². The van der Waals surface area contributed by atoms with Crippen LogP contribution in [0.15, 0.2) is 59.5 Å². The number of aromatic nitrogens is 2. The first-order chi connectivity index (χ1) is 15.3. The lowest BCUT2D eigenvalue weighted by Gasteiger charge is -2.30. The quantitative estimate of drug-likeness (QED) is 0.573. The molecule has 1 aromatic heterocycles. The molecule has 0 saturated carbocycles. The lowest BCUT2D eigenvalue weighted by Crippen LogP contribution is -2.39. The Kier molecular flexibility index (Phi) is 6.68. The van der Waals surface area contributed by atoms with Crippen LogP contribution in [0.25, 0.3) is 0 Å².